The molecule has 0 spiro atoms. The lowest BCUT2D eigenvalue weighted by Gasteiger charge is -1.97. The molecule has 2 atom stereocenters. The predicted octanol–water partition coefficient (Wildman–Crippen LogP) is 0.731. The van der Waals surface area contributed by atoms with Crippen LogP contribution in [0.25, 0.3) is 0 Å². The molecule has 0 bridgehead atoms. The Balaban J connectivity index is 2.33. The van der Waals surface area contributed by atoms with Crippen LogP contribution >= 0.6 is 22.6 Å². The van der Waals surface area contributed by atoms with Crippen LogP contribution in [0.4, 0.5) is 4.39 Å². The van der Waals surface area contributed by atoms with Crippen molar-refractivity contribution < 1.29 is 4.39 Å². The molecule has 0 aromatic carbocycles. The van der Waals surface area contributed by atoms with Gasteiger partial charge >= 0.3 is 0 Å². The average Bonchev–Trinajstić information content (AvgIpc) is 1.91. The summed E-state index contributed by atoms with van der Waals surface area (Å²) in [5.41, 5.74) is 0. The molecule has 2 unspecified atom stereocenters. The zero-order chi connectivity index (χ0) is 5.28. The van der Waals surface area contributed by atoms with Crippen LogP contribution in [-0.4, -0.2) is 23.2 Å². The second-order valence-electron chi connectivity index (χ2n) is 1.69. The van der Waals surface area contributed by atoms with E-state index in [2.05, 4.69) is 27.9 Å². The lowest BCUT2D eigenvalue weighted by atomic mass is 10.3. The second kappa shape index (κ2) is 2.26. The molecule has 0 aromatic rings. The molecule has 1 aliphatic heterocycles. The van der Waals surface area contributed by atoms with Crippen molar-refractivity contribution in [2.24, 2.45) is 0 Å². The third kappa shape index (κ3) is 1.25. The minimum Gasteiger partial charge on any atom is -0.313 e. The Morgan fingerprint density at radius 3 is 2.43 bits per heavy atom. The van der Waals surface area contributed by atoms with Gasteiger partial charge in [-0.25, -0.2) is 4.39 Å². The van der Waals surface area contributed by atoms with Crippen molar-refractivity contribution in [3.63, 3.8) is 0 Å². The van der Waals surface area contributed by atoms with Crippen molar-refractivity contribution in [3.8, 4) is 0 Å². The van der Waals surface area contributed by atoms with Gasteiger partial charge in [0.1, 0.15) is 6.17 Å². The first-order valence-corrected chi connectivity index (χ1v) is 3.54. The summed E-state index contributed by atoms with van der Waals surface area (Å²) in [6, 6.07) is 0. The van der Waals surface area contributed by atoms with Gasteiger partial charge in [0.05, 0.1) is 3.92 Å². The highest BCUT2D eigenvalue weighted by molar-refractivity contribution is 14.1. The highest BCUT2D eigenvalue weighted by Crippen LogP contribution is 2.12. The monoisotopic (exact) mass is 215 g/mol. The summed E-state index contributed by atoms with van der Waals surface area (Å²) in [5, 5.41) is 2.94. The Morgan fingerprint density at radius 1 is 1.57 bits per heavy atom. The molecule has 0 saturated carbocycles. The molecule has 42 valence electrons. The van der Waals surface area contributed by atoms with E-state index in [1.165, 1.54) is 0 Å². The van der Waals surface area contributed by atoms with Crippen molar-refractivity contribution in [3.05, 3.63) is 0 Å². The predicted molar refractivity (Wildman–Crippen MR) is 35.6 cm³/mol. The van der Waals surface area contributed by atoms with Gasteiger partial charge in [0, 0.05) is 13.1 Å². The zero-order valence-corrected chi connectivity index (χ0v) is 5.98. The average molecular weight is 215 g/mol. The van der Waals surface area contributed by atoms with Gasteiger partial charge in [-0.3, -0.25) is 0 Å². The maximum atomic E-state index is 12.2. The Bertz CT molecular complexity index is 60.7. The van der Waals surface area contributed by atoms with E-state index in [1.54, 1.807) is 0 Å². The number of hydrogen-bond acceptors (Lipinski definition) is 1. The minimum absolute atomic E-state index is 0.206. The van der Waals surface area contributed by atoms with Crippen molar-refractivity contribution in [2.45, 2.75) is 10.1 Å². The third-order valence-electron chi connectivity index (χ3n) is 1.07. The normalized spacial score (nSPS) is 42.0. The maximum Gasteiger partial charge on any atom is 0.125 e. The fourth-order valence-electron chi connectivity index (χ4n) is 0.615. The van der Waals surface area contributed by atoms with Gasteiger partial charge in [-0.2, -0.15) is 0 Å². The molecule has 1 N–H and O–H groups in total. The Morgan fingerprint density at radius 2 is 2.29 bits per heavy atom. The highest BCUT2D eigenvalue weighted by Gasteiger charge is 2.22. The molecule has 1 fully saturated rings. The van der Waals surface area contributed by atoms with Gasteiger partial charge in [-0.1, -0.05) is 22.6 Å². The molecule has 3 heteroatoms. The Labute approximate surface area is 55.8 Å². The molecule has 0 aliphatic carbocycles. The fourth-order valence-corrected chi connectivity index (χ4v) is 1.18. The summed E-state index contributed by atoms with van der Waals surface area (Å²) in [7, 11) is 0. The Kier molecular flexibility index (Phi) is 1.86. The van der Waals surface area contributed by atoms with E-state index in [0.29, 0.717) is 6.54 Å². The first kappa shape index (κ1) is 5.75. The van der Waals surface area contributed by atoms with Crippen LogP contribution in [0.5, 0.6) is 0 Å². The van der Waals surface area contributed by atoms with E-state index < -0.39 is 6.17 Å². The van der Waals surface area contributed by atoms with Gasteiger partial charge in [-0.05, 0) is 0 Å². The second-order valence-corrected chi connectivity index (χ2v) is 3.29. The van der Waals surface area contributed by atoms with Crippen LogP contribution in [0, 0.1) is 0 Å². The number of hydrogen-bond donors (Lipinski definition) is 1. The largest absolute Gasteiger partial charge is 0.313 e. The summed E-state index contributed by atoms with van der Waals surface area (Å²) in [4.78, 5) is 0. The van der Waals surface area contributed by atoms with Crippen LogP contribution in [0.3, 0.4) is 0 Å². The molecule has 1 nitrogen and oxygen atoms in total. The standard InChI is InChI=1S/C4H7FIN/c5-3-1-7-2-4(3)6/h3-4,7H,1-2H2. The zero-order valence-electron chi connectivity index (χ0n) is 3.82. The highest BCUT2D eigenvalue weighted by atomic mass is 127. The molecular weight excluding hydrogens is 208 g/mol. The molecule has 0 aromatic heterocycles. The molecule has 0 amide bonds. The molecule has 1 saturated heterocycles. The lowest BCUT2D eigenvalue weighted by molar-refractivity contribution is 0.373. The summed E-state index contributed by atoms with van der Waals surface area (Å²) in [5.74, 6) is 0. The van der Waals surface area contributed by atoms with Gasteiger partial charge < -0.3 is 5.32 Å². The topological polar surface area (TPSA) is 12.0 Å². The maximum absolute atomic E-state index is 12.2. The summed E-state index contributed by atoms with van der Waals surface area (Å²) in [6.07, 6.45) is -0.611. The van der Waals surface area contributed by atoms with Crippen molar-refractivity contribution in [1.29, 1.82) is 0 Å². The van der Waals surface area contributed by atoms with Crippen LogP contribution in [0.15, 0.2) is 0 Å². The van der Waals surface area contributed by atoms with Gasteiger partial charge in [0.15, 0.2) is 0 Å². The van der Waals surface area contributed by atoms with Gasteiger partial charge in [0.25, 0.3) is 0 Å². The number of nitrogens with one attached hydrogen (secondary N) is 1. The third-order valence-corrected chi connectivity index (χ3v) is 2.29. The van der Waals surface area contributed by atoms with E-state index in [0.717, 1.165) is 6.54 Å². The van der Waals surface area contributed by atoms with Crippen molar-refractivity contribution >= 4 is 22.6 Å². The molecule has 0 radical (unpaired) electrons. The number of rotatable bonds is 0. The quantitative estimate of drug-likeness (QED) is 0.464. The van der Waals surface area contributed by atoms with E-state index in [4.69, 9.17) is 0 Å². The Hall–Kier alpha value is 0.620. The van der Waals surface area contributed by atoms with E-state index in [-0.39, 0.29) is 3.92 Å². The number of alkyl halides is 2. The first-order chi connectivity index (χ1) is 3.30. The van der Waals surface area contributed by atoms with Crippen molar-refractivity contribution in [1.82, 2.24) is 5.32 Å². The number of halogens is 2. The molecule has 7 heavy (non-hydrogen) atoms. The summed E-state index contributed by atoms with van der Waals surface area (Å²) >= 11 is 2.12. The van der Waals surface area contributed by atoms with E-state index in [1.807, 2.05) is 0 Å². The SMILES string of the molecule is FC1CNCC1I. The summed E-state index contributed by atoms with van der Waals surface area (Å²) < 4.78 is 12.5. The van der Waals surface area contributed by atoms with E-state index in [9.17, 15) is 4.39 Å². The van der Waals surface area contributed by atoms with Crippen LogP contribution < -0.4 is 5.32 Å². The lowest BCUT2D eigenvalue weighted by Crippen LogP contribution is -2.10. The van der Waals surface area contributed by atoms with Crippen LogP contribution in [-0.2, 0) is 0 Å². The smallest absolute Gasteiger partial charge is 0.125 e. The molecule has 1 heterocycles. The van der Waals surface area contributed by atoms with Gasteiger partial charge in [-0.15, -0.1) is 0 Å². The van der Waals surface area contributed by atoms with Crippen molar-refractivity contribution in [2.75, 3.05) is 13.1 Å². The molecule has 1 rings (SSSR count). The van der Waals surface area contributed by atoms with Gasteiger partial charge in [0.2, 0.25) is 0 Å². The molecular formula is C4H7FIN. The van der Waals surface area contributed by atoms with E-state index >= 15 is 0 Å². The summed E-state index contributed by atoms with van der Waals surface area (Å²) in [6.45, 7) is 1.38. The fraction of sp³-hybridized carbons (Fsp3) is 1.00. The first-order valence-electron chi connectivity index (χ1n) is 2.29. The van der Waals surface area contributed by atoms with Crippen LogP contribution in [0.1, 0.15) is 0 Å². The van der Waals surface area contributed by atoms with Crippen LogP contribution in [0.2, 0.25) is 0 Å². The molecule has 1 aliphatic rings. The minimum atomic E-state index is -0.611.